The van der Waals surface area contributed by atoms with Crippen molar-refractivity contribution in [3.8, 4) is 11.3 Å². The Kier molecular flexibility index (Phi) is 5.92. The number of halogens is 1. The molecule has 40 heavy (non-hydrogen) atoms. The zero-order chi connectivity index (χ0) is 28.0. The molecule has 0 saturated heterocycles. The van der Waals surface area contributed by atoms with Crippen LogP contribution in [-0.4, -0.2) is 35.8 Å². The average molecular weight is 535 g/mol. The molecule has 0 radical (unpaired) electrons. The molecule has 0 bridgehead atoms. The molecule has 10 heteroatoms. The molecule has 196 valence electrons. The number of hydrogen-bond donors (Lipinski definition) is 2. The van der Waals surface area contributed by atoms with Crippen LogP contribution in [0.3, 0.4) is 0 Å². The summed E-state index contributed by atoms with van der Waals surface area (Å²) in [5, 5.41) is 9.53. The first kappa shape index (κ1) is 24.7. The van der Waals surface area contributed by atoms with E-state index >= 15 is 0 Å². The molecule has 0 aliphatic rings. The lowest BCUT2D eigenvalue weighted by Gasteiger charge is -2.08. The summed E-state index contributed by atoms with van der Waals surface area (Å²) in [4.78, 5) is 58.4. The maximum atomic E-state index is 13.7. The van der Waals surface area contributed by atoms with Crippen molar-refractivity contribution in [2.75, 3.05) is 0 Å². The van der Waals surface area contributed by atoms with Crippen LogP contribution in [-0.2, 0) is 6.54 Å². The Morgan fingerprint density at radius 2 is 1.70 bits per heavy atom. The van der Waals surface area contributed by atoms with E-state index < -0.39 is 28.8 Å². The van der Waals surface area contributed by atoms with E-state index in [1.165, 1.54) is 54.6 Å². The molecular formula is C30H19FN4O5. The van der Waals surface area contributed by atoms with Crippen molar-refractivity contribution in [1.82, 2.24) is 18.9 Å². The van der Waals surface area contributed by atoms with Crippen LogP contribution in [0.5, 0.6) is 0 Å². The second-order valence-corrected chi connectivity index (χ2v) is 9.16. The number of fused-ring (bicyclic) bond motifs is 2. The van der Waals surface area contributed by atoms with Gasteiger partial charge in [-0.1, -0.05) is 30.3 Å². The lowest BCUT2D eigenvalue weighted by atomic mass is 10.1. The molecule has 0 unspecified atom stereocenters. The largest absolute Gasteiger partial charge is 0.478 e. The van der Waals surface area contributed by atoms with Gasteiger partial charge in [0.1, 0.15) is 5.82 Å². The number of imidazole rings is 1. The Hall–Kier alpha value is -5.64. The Morgan fingerprint density at radius 3 is 2.48 bits per heavy atom. The number of carbonyl (C=O) groups excluding carboxylic acids is 1. The van der Waals surface area contributed by atoms with E-state index in [0.29, 0.717) is 22.3 Å². The number of aromatic carboxylic acids is 1. The number of benzene rings is 3. The van der Waals surface area contributed by atoms with Crippen molar-refractivity contribution in [3.63, 3.8) is 0 Å². The maximum Gasteiger partial charge on any atom is 0.335 e. The molecule has 6 rings (SSSR count). The van der Waals surface area contributed by atoms with Gasteiger partial charge in [-0.25, -0.2) is 19.0 Å². The minimum atomic E-state index is -1.08. The van der Waals surface area contributed by atoms with Crippen LogP contribution >= 0.6 is 0 Å². The highest BCUT2D eigenvalue weighted by molar-refractivity contribution is 6.09. The first-order chi connectivity index (χ1) is 19.3. The molecule has 0 aliphatic heterocycles. The van der Waals surface area contributed by atoms with Gasteiger partial charge in [-0.15, -0.1) is 0 Å². The molecule has 0 atom stereocenters. The topological polar surface area (TPSA) is 127 Å². The van der Waals surface area contributed by atoms with Crippen molar-refractivity contribution in [2.24, 2.45) is 0 Å². The predicted molar refractivity (Wildman–Crippen MR) is 145 cm³/mol. The van der Waals surface area contributed by atoms with Crippen LogP contribution in [0.25, 0.3) is 27.7 Å². The normalized spacial score (nSPS) is 11.2. The van der Waals surface area contributed by atoms with E-state index in [4.69, 9.17) is 0 Å². The van der Waals surface area contributed by atoms with Gasteiger partial charge in [0.05, 0.1) is 34.2 Å². The van der Waals surface area contributed by atoms with E-state index in [9.17, 15) is 28.7 Å². The third kappa shape index (κ3) is 4.27. The molecule has 0 spiro atoms. The van der Waals surface area contributed by atoms with Crippen LogP contribution in [0.2, 0.25) is 0 Å². The molecule has 3 heterocycles. The molecular weight excluding hydrogens is 515 g/mol. The number of aromatic amines is 1. The van der Waals surface area contributed by atoms with Gasteiger partial charge < -0.3 is 10.1 Å². The number of ketones is 1. The highest BCUT2D eigenvalue weighted by Crippen LogP contribution is 2.27. The summed E-state index contributed by atoms with van der Waals surface area (Å²) in [5.41, 5.74) is 1.41. The minimum absolute atomic E-state index is 0.0711. The van der Waals surface area contributed by atoms with Gasteiger partial charge in [-0.05, 0) is 60.2 Å². The molecule has 3 aromatic heterocycles. The number of carboxylic acids is 1. The Balaban J connectivity index is 1.45. The van der Waals surface area contributed by atoms with Crippen molar-refractivity contribution >= 4 is 28.2 Å². The third-order valence-corrected chi connectivity index (χ3v) is 6.63. The number of carboxylic acid groups (broad SMARTS) is 1. The summed E-state index contributed by atoms with van der Waals surface area (Å²) in [6, 6.07) is 21.4. The lowest BCUT2D eigenvalue weighted by Crippen LogP contribution is -2.35. The fourth-order valence-corrected chi connectivity index (χ4v) is 4.65. The number of nitrogens with one attached hydrogen (secondary N) is 1. The molecule has 0 fully saturated rings. The van der Waals surface area contributed by atoms with Crippen molar-refractivity contribution < 1.29 is 19.1 Å². The summed E-state index contributed by atoms with van der Waals surface area (Å²) >= 11 is 0. The summed E-state index contributed by atoms with van der Waals surface area (Å²) in [6.45, 7) is -0.0772. The molecule has 9 nitrogen and oxygen atoms in total. The monoisotopic (exact) mass is 534 g/mol. The summed E-state index contributed by atoms with van der Waals surface area (Å²) in [7, 11) is 0. The van der Waals surface area contributed by atoms with E-state index in [1.807, 2.05) is 0 Å². The van der Waals surface area contributed by atoms with Gasteiger partial charge in [0, 0.05) is 17.3 Å². The second kappa shape index (κ2) is 9.59. The number of pyridine rings is 1. The predicted octanol–water partition coefficient (Wildman–Crippen LogP) is 4.12. The number of carbonyl (C=O) groups is 2. The summed E-state index contributed by atoms with van der Waals surface area (Å²) in [6.07, 6.45) is 1.67. The number of rotatable bonds is 6. The van der Waals surface area contributed by atoms with Gasteiger partial charge in [-0.2, -0.15) is 0 Å². The van der Waals surface area contributed by atoms with E-state index in [0.717, 1.165) is 4.57 Å². The number of hydrogen-bond acceptors (Lipinski definition) is 5. The molecule has 0 amide bonds. The smallest absolute Gasteiger partial charge is 0.335 e. The average Bonchev–Trinajstić information content (AvgIpc) is 3.35. The lowest BCUT2D eigenvalue weighted by molar-refractivity contribution is 0.0696. The van der Waals surface area contributed by atoms with Gasteiger partial charge >= 0.3 is 11.7 Å². The third-order valence-electron chi connectivity index (χ3n) is 6.63. The Bertz CT molecular complexity index is 2090. The number of H-pyrrole nitrogens is 1. The van der Waals surface area contributed by atoms with Gasteiger partial charge in [-0.3, -0.25) is 18.6 Å². The second-order valence-electron chi connectivity index (χ2n) is 9.16. The zero-order valence-electron chi connectivity index (χ0n) is 20.7. The van der Waals surface area contributed by atoms with Crippen molar-refractivity contribution in [1.29, 1.82) is 0 Å². The standard InChI is InChI=1S/C30H19FN4O5/c31-21-10-7-17(8-11-21)16-35-28(37)22-15-19(9-12-23(22)32-30(35)40)26(36)27-33-25(24-6-1-2-13-34(24)27)18-4-3-5-20(14-18)29(38)39/h1-15H,16H2,(H,32,40)(H,38,39). The highest BCUT2D eigenvalue weighted by atomic mass is 19.1. The van der Waals surface area contributed by atoms with Crippen molar-refractivity contribution in [3.05, 3.63) is 140 Å². The van der Waals surface area contributed by atoms with Gasteiger partial charge in [0.25, 0.3) is 5.56 Å². The fourth-order valence-electron chi connectivity index (χ4n) is 4.65. The molecule has 6 aromatic rings. The van der Waals surface area contributed by atoms with Crippen LogP contribution in [0, 0.1) is 5.82 Å². The quantitative estimate of drug-likeness (QED) is 0.310. The number of aromatic nitrogens is 4. The zero-order valence-corrected chi connectivity index (χ0v) is 20.7. The van der Waals surface area contributed by atoms with E-state index in [1.54, 1.807) is 40.9 Å². The summed E-state index contributed by atoms with van der Waals surface area (Å²) < 4.78 is 15.9. The van der Waals surface area contributed by atoms with Crippen LogP contribution in [0.1, 0.15) is 32.1 Å². The Labute approximate surface area is 224 Å². The van der Waals surface area contributed by atoms with Crippen LogP contribution in [0.4, 0.5) is 4.39 Å². The first-order valence-corrected chi connectivity index (χ1v) is 12.2. The molecule has 2 N–H and O–H groups in total. The van der Waals surface area contributed by atoms with E-state index in [2.05, 4.69) is 9.97 Å². The van der Waals surface area contributed by atoms with Crippen molar-refractivity contribution in [2.45, 2.75) is 6.54 Å². The van der Waals surface area contributed by atoms with E-state index in [-0.39, 0.29) is 34.4 Å². The molecule has 3 aromatic carbocycles. The first-order valence-electron chi connectivity index (χ1n) is 12.2. The molecule has 0 aliphatic carbocycles. The highest BCUT2D eigenvalue weighted by Gasteiger charge is 2.21. The number of nitrogens with zero attached hydrogens (tertiary/aromatic N) is 3. The van der Waals surface area contributed by atoms with Crippen LogP contribution < -0.4 is 11.2 Å². The fraction of sp³-hybridized carbons (Fsp3) is 0.0333. The summed E-state index contributed by atoms with van der Waals surface area (Å²) in [5.74, 6) is -1.92. The molecule has 0 saturated carbocycles. The van der Waals surface area contributed by atoms with Gasteiger partial charge in [0.15, 0.2) is 5.82 Å². The van der Waals surface area contributed by atoms with Gasteiger partial charge in [0.2, 0.25) is 5.78 Å². The minimum Gasteiger partial charge on any atom is -0.478 e. The van der Waals surface area contributed by atoms with Crippen LogP contribution in [0.15, 0.2) is 101 Å². The maximum absolute atomic E-state index is 13.7. The SMILES string of the molecule is O=C(O)c1cccc(-c2nc(C(=O)c3ccc4[nH]c(=O)n(Cc5ccc(F)cc5)c(=O)c4c3)n3ccccc23)c1. The Morgan fingerprint density at radius 1 is 0.900 bits per heavy atom.